The summed E-state index contributed by atoms with van der Waals surface area (Å²) < 4.78 is 0. The monoisotopic (exact) mass is 192 g/mol. The first-order chi connectivity index (χ1) is 6.72. The molecule has 2 rings (SSSR count). The molecule has 1 aliphatic rings. The standard InChI is InChI=1S/C10H12N2O2/c1-2-12-6-9(14)11-7-4-3-5-8(13)10(7)12/h3-5,13H,2,6H2,1H3,(H,11,14). The number of phenols is 1. The van der Waals surface area contributed by atoms with Crippen LogP contribution in [0.3, 0.4) is 0 Å². The maximum atomic E-state index is 11.3. The summed E-state index contributed by atoms with van der Waals surface area (Å²) in [5, 5.41) is 12.4. The molecule has 1 heterocycles. The number of amides is 1. The third kappa shape index (κ3) is 1.28. The molecule has 4 heteroatoms. The lowest BCUT2D eigenvalue weighted by atomic mass is 10.2. The minimum Gasteiger partial charge on any atom is -0.506 e. The van der Waals surface area contributed by atoms with Crippen molar-refractivity contribution in [2.24, 2.45) is 0 Å². The summed E-state index contributed by atoms with van der Waals surface area (Å²) >= 11 is 0. The minimum absolute atomic E-state index is 0.0371. The molecule has 0 bridgehead atoms. The number of phenolic OH excluding ortho intramolecular Hbond substituents is 1. The first-order valence-corrected chi connectivity index (χ1v) is 4.59. The van der Waals surface area contributed by atoms with Crippen molar-refractivity contribution in [1.82, 2.24) is 0 Å². The van der Waals surface area contributed by atoms with Gasteiger partial charge in [-0.1, -0.05) is 6.07 Å². The van der Waals surface area contributed by atoms with Gasteiger partial charge in [-0.25, -0.2) is 0 Å². The van der Waals surface area contributed by atoms with Gasteiger partial charge in [0, 0.05) is 6.54 Å². The first-order valence-electron chi connectivity index (χ1n) is 4.59. The van der Waals surface area contributed by atoms with Crippen molar-refractivity contribution in [1.29, 1.82) is 0 Å². The summed E-state index contributed by atoms with van der Waals surface area (Å²) in [5.74, 6) is 0.175. The lowest BCUT2D eigenvalue weighted by Crippen LogP contribution is -2.37. The number of benzene rings is 1. The Kier molecular flexibility index (Phi) is 2.04. The molecule has 1 aromatic carbocycles. The average molecular weight is 192 g/mol. The largest absolute Gasteiger partial charge is 0.506 e. The zero-order valence-corrected chi connectivity index (χ0v) is 7.95. The fraction of sp³-hybridized carbons (Fsp3) is 0.300. The van der Waals surface area contributed by atoms with E-state index in [1.54, 1.807) is 18.2 Å². The van der Waals surface area contributed by atoms with Crippen LogP contribution in [-0.4, -0.2) is 24.1 Å². The molecule has 0 saturated heterocycles. The molecule has 2 N–H and O–H groups in total. The number of likely N-dealkylation sites (N-methyl/N-ethyl adjacent to an activating group) is 1. The van der Waals surface area contributed by atoms with Crippen LogP contribution >= 0.6 is 0 Å². The van der Waals surface area contributed by atoms with Crippen LogP contribution in [-0.2, 0) is 4.79 Å². The molecule has 0 fully saturated rings. The lowest BCUT2D eigenvalue weighted by Gasteiger charge is -2.30. The smallest absolute Gasteiger partial charge is 0.243 e. The topological polar surface area (TPSA) is 52.6 Å². The predicted octanol–water partition coefficient (Wildman–Crippen LogP) is 1.17. The van der Waals surface area contributed by atoms with Crippen molar-refractivity contribution in [3.63, 3.8) is 0 Å². The number of para-hydroxylation sites is 1. The minimum atomic E-state index is -0.0371. The number of nitrogens with zero attached hydrogens (tertiary/aromatic N) is 1. The van der Waals surface area contributed by atoms with E-state index in [0.717, 1.165) is 5.69 Å². The molecular formula is C10H12N2O2. The van der Waals surface area contributed by atoms with E-state index in [0.29, 0.717) is 18.8 Å². The first kappa shape index (κ1) is 8.87. The lowest BCUT2D eigenvalue weighted by molar-refractivity contribution is -0.115. The van der Waals surface area contributed by atoms with E-state index in [1.807, 2.05) is 11.8 Å². The second-order valence-electron chi connectivity index (χ2n) is 3.24. The number of hydrogen-bond acceptors (Lipinski definition) is 3. The van der Waals surface area contributed by atoms with Gasteiger partial charge in [-0.15, -0.1) is 0 Å². The number of anilines is 2. The Labute approximate surface area is 82.2 Å². The Morgan fingerprint density at radius 2 is 2.36 bits per heavy atom. The van der Waals surface area contributed by atoms with Gasteiger partial charge in [0.2, 0.25) is 5.91 Å². The van der Waals surface area contributed by atoms with Crippen LogP contribution in [0.1, 0.15) is 6.92 Å². The number of rotatable bonds is 1. The molecule has 74 valence electrons. The number of nitrogens with one attached hydrogen (secondary N) is 1. The molecular weight excluding hydrogens is 180 g/mol. The molecule has 0 radical (unpaired) electrons. The fourth-order valence-corrected chi connectivity index (χ4v) is 1.68. The van der Waals surface area contributed by atoms with E-state index in [4.69, 9.17) is 0 Å². The maximum Gasteiger partial charge on any atom is 0.243 e. The molecule has 14 heavy (non-hydrogen) atoms. The Balaban J connectivity index is 2.51. The van der Waals surface area contributed by atoms with Gasteiger partial charge in [0.05, 0.1) is 12.2 Å². The highest BCUT2D eigenvalue weighted by atomic mass is 16.3. The zero-order valence-electron chi connectivity index (χ0n) is 7.95. The molecule has 1 aromatic rings. The molecule has 0 aliphatic carbocycles. The molecule has 0 aromatic heterocycles. The SMILES string of the molecule is CCN1CC(=O)Nc2cccc(O)c21. The van der Waals surface area contributed by atoms with Gasteiger partial charge < -0.3 is 15.3 Å². The van der Waals surface area contributed by atoms with Gasteiger partial charge in [-0.05, 0) is 19.1 Å². The second-order valence-corrected chi connectivity index (χ2v) is 3.24. The molecule has 0 unspecified atom stereocenters. The number of aromatic hydroxyl groups is 1. The van der Waals surface area contributed by atoms with Crippen LogP contribution < -0.4 is 10.2 Å². The molecule has 1 amide bonds. The number of carbonyl (C=O) groups excluding carboxylic acids is 1. The van der Waals surface area contributed by atoms with E-state index in [9.17, 15) is 9.90 Å². The highest BCUT2D eigenvalue weighted by molar-refractivity contribution is 6.02. The summed E-state index contributed by atoms with van der Waals surface area (Å²) in [6.07, 6.45) is 0. The van der Waals surface area contributed by atoms with Crippen LogP contribution in [0.2, 0.25) is 0 Å². The number of hydrogen-bond donors (Lipinski definition) is 2. The van der Waals surface area contributed by atoms with Gasteiger partial charge in [0.15, 0.2) is 0 Å². The van der Waals surface area contributed by atoms with E-state index < -0.39 is 0 Å². The van der Waals surface area contributed by atoms with Crippen molar-refractivity contribution >= 4 is 17.3 Å². The van der Waals surface area contributed by atoms with Gasteiger partial charge in [0.1, 0.15) is 11.4 Å². The summed E-state index contributed by atoms with van der Waals surface area (Å²) in [5.41, 5.74) is 1.40. The average Bonchev–Trinajstić information content (AvgIpc) is 2.16. The highest BCUT2D eigenvalue weighted by Gasteiger charge is 2.22. The summed E-state index contributed by atoms with van der Waals surface area (Å²) in [6, 6.07) is 5.13. The molecule has 0 saturated carbocycles. The Hall–Kier alpha value is -1.71. The molecule has 0 atom stereocenters. The van der Waals surface area contributed by atoms with Gasteiger partial charge >= 0.3 is 0 Å². The van der Waals surface area contributed by atoms with Crippen LogP contribution in [0, 0.1) is 0 Å². The van der Waals surface area contributed by atoms with Crippen LogP contribution in [0.25, 0.3) is 0 Å². The quantitative estimate of drug-likeness (QED) is 0.702. The van der Waals surface area contributed by atoms with Crippen molar-refractivity contribution in [3.8, 4) is 5.75 Å². The number of fused-ring (bicyclic) bond motifs is 1. The van der Waals surface area contributed by atoms with Crippen molar-refractivity contribution in [2.45, 2.75) is 6.92 Å². The molecule has 1 aliphatic heterocycles. The van der Waals surface area contributed by atoms with E-state index in [-0.39, 0.29) is 11.7 Å². The van der Waals surface area contributed by atoms with Crippen LogP contribution in [0.5, 0.6) is 5.75 Å². The van der Waals surface area contributed by atoms with E-state index in [1.165, 1.54) is 0 Å². The van der Waals surface area contributed by atoms with Crippen molar-refractivity contribution in [3.05, 3.63) is 18.2 Å². The third-order valence-corrected chi connectivity index (χ3v) is 2.32. The zero-order chi connectivity index (χ0) is 10.1. The van der Waals surface area contributed by atoms with Crippen molar-refractivity contribution < 1.29 is 9.90 Å². The summed E-state index contributed by atoms with van der Waals surface area (Å²) in [7, 11) is 0. The van der Waals surface area contributed by atoms with Crippen LogP contribution in [0.15, 0.2) is 18.2 Å². The molecule has 0 spiro atoms. The third-order valence-electron chi connectivity index (χ3n) is 2.32. The van der Waals surface area contributed by atoms with Gasteiger partial charge in [-0.3, -0.25) is 4.79 Å². The maximum absolute atomic E-state index is 11.3. The molecule has 4 nitrogen and oxygen atoms in total. The normalized spacial score (nSPS) is 14.9. The number of carbonyl (C=O) groups is 1. The summed E-state index contributed by atoms with van der Waals surface area (Å²) in [4.78, 5) is 13.1. The van der Waals surface area contributed by atoms with Gasteiger partial charge in [-0.2, -0.15) is 0 Å². The van der Waals surface area contributed by atoms with Crippen molar-refractivity contribution in [2.75, 3.05) is 23.3 Å². The Bertz CT molecular complexity index is 376. The van der Waals surface area contributed by atoms with E-state index >= 15 is 0 Å². The summed E-state index contributed by atoms with van der Waals surface area (Å²) in [6.45, 7) is 2.97. The van der Waals surface area contributed by atoms with Gasteiger partial charge in [0.25, 0.3) is 0 Å². The van der Waals surface area contributed by atoms with Crippen LogP contribution in [0.4, 0.5) is 11.4 Å². The van der Waals surface area contributed by atoms with E-state index in [2.05, 4.69) is 5.32 Å². The Morgan fingerprint density at radius 3 is 3.07 bits per heavy atom. The highest BCUT2D eigenvalue weighted by Crippen LogP contribution is 2.36. The predicted molar refractivity (Wildman–Crippen MR) is 54.6 cm³/mol. The fourth-order valence-electron chi connectivity index (χ4n) is 1.68. The second kappa shape index (κ2) is 3.21. The Morgan fingerprint density at radius 1 is 1.57 bits per heavy atom.